The topological polar surface area (TPSA) is 81.2 Å². The summed E-state index contributed by atoms with van der Waals surface area (Å²) in [6, 6.07) is 5.85. The number of carbonyl (C=O) groups excluding carboxylic acids is 2. The van der Waals surface area contributed by atoms with Crippen molar-refractivity contribution in [2.75, 3.05) is 39.9 Å². The van der Waals surface area contributed by atoms with Crippen LogP contribution in [0.3, 0.4) is 0 Å². The van der Waals surface area contributed by atoms with Crippen LogP contribution in [0.15, 0.2) is 29.2 Å². The first-order valence-electron chi connectivity index (χ1n) is 8.63. The lowest BCUT2D eigenvalue weighted by Gasteiger charge is -2.35. The molecule has 0 bridgehead atoms. The molecule has 2 saturated heterocycles. The minimum atomic E-state index is -3.62. The lowest BCUT2D eigenvalue weighted by atomic mass is 10.1. The number of rotatable bonds is 4. The quantitative estimate of drug-likeness (QED) is 0.693. The van der Waals surface area contributed by atoms with E-state index >= 15 is 0 Å². The fourth-order valence-electron chi connectivity index (χ4n) is 3.19. The zero-order chi connectivity index (χ0) is 20.0. The van der Waals surface area contributed by atoms with E-state index in [0.29, 0.717) is 18.1 Å². The van der Waals surface area contributed by atoms with Crippen LogP contribution in [0.25, 0.3) is 0 Å². The Morgan fingerprint density at radius 1 is 1.11 bits per heavy atom. The fourth-order valence-corrected chi connectivity index (χ4v) is 4.92. The maximum absolute atomic E-state index is 12.7. The lowest BCUT2D eigenvalue weighted by Crippen LogP contribution is -2.52. The molecule has 148 valence electrons. The Labute approximate surface area is 164 Å². The van der Waals surface area contributed by atoms with Crippen LogP contribution >= 0.6 is 11.6 Å². The maximum Gasteiger partial charge on any atom is 0.328 e. The Kier molecular flexibility index (Phi) is 5.24. The molecule has 0 N–H and O–H groups in total. The molecule has 3 amide bonds. The van der Waals surface area contributed by atoms with E-state index in [0.717, 1.165) is 0 Å². The predicted octanol–water partition coefficient (Wildman–Crippen LogP) is 1.28. The first kappa shape index (κ1) is 20.1. The summed E-state index contributed by atoms with van der Waals surface area (Å²) >= 11 is 5.91. The molecule has 0 aromatic heterocycles. The number of halogens is 1. The molecule has 8 nitrogen and oxygen atoms in total. The number of hydrogen-bond donors (Lipinski definition) is 0. The maximum atomic E-state index is 12.7. The van der Waals surface area contributed by atoms with Crippen LogP contribution in [-0.2, 0) is 14.8 Å². The van der Waals surface area contributed by atoms with Crippen LogP contribution in [0, 0.1) is 0 Å². The van der Waals surface area contributed by atoms with Gasteiger partial charge in [0, 0.05) is 38.2 Å². The Hall–Kier alpha value is -1.68. The average molecular weight is 415 g/mol. The van der Waals surface area contributed by atoms with Gasteiger partial charge in [-0.15, -0.1) is 0 Å². The van der Waals surface area contributed by atoms with Crippen LogP contribution in [0.5, 0.6) is 0 Å². The van der Waals surface area contributed by atoms with Crippen molar-refractivity contribution in [3.8, 4) is 0 Å². The van der Waals surface area contributed by atoms with E-state index in [-0.39, 0.29) is 36.6 Å². The molecule has 0 aliphatic carbocycles. The highest BCUT2D eigenvalue weighted by Crippen LogP contribution is 2.26. The number of urea groups is 1. The number of benzene rings is 1. The average Bonchev–Trinajstić information content (AvgIpc) is 2.77. The number of amides is 3. The van der Waals surface area contributed by atoms with Crippen LogP contribution in [-0.4, -0.2) is 84.8 Å². The minimum absolute atomic E-state index is 0.163. The van der Waals surface area contributed by atoms with Gasteiger partial charge in [-0.1, -0.05) is 17.7 Å². The molecule has 0 atom stereocenters. The van der Waals surface area contributed by atoms with Crippen molar-refractivity contribution < 1.29 is 18.0 Å². The van der Waals surface area contributed by atoms with Gasteiger partial charge in [-0.2, -0.15) is 4.31 Å². The fraction of sp³-hybridized carbons (Fsp3) is 0.529. The zero-order valence-corrected chi connectivity index (χ0v) is 17.1. The van der Waals surface area contributed by atoms with Crippen molar-refractivity contribution in [3.63, 3.8) is 0 Å². The van der Waals surface area contributed by atoms with Crippen molar-refractivity contribution in [1.29, 1.82) is 0 Å². The summed E-state index contributed by atoms with van der Waals surface area (Å²) < 4.78 is 26.9. The standard InChI is InChI=1S/C17H23ClN4O4S/c1-17(2)15(23)22(16(24)19(17)3)12-20-7-9-21(10-8-20)27(25,26)14-6-4-5-13(18)11-14/h4-6,11H,7-10,12H2,1-3H3. The molecule has 3 rings (SSSR count). The minimum Gasteiger partial charge on any atom is -0.313 e. The highest BCUT2D eigenvalue weighted by molar-refractivity contribution is 7.89. The third-order valence-corrected chi connectivity index (χ3v) is 7.36. The number of likely N-dealkylation sites (N-methyl/N-ethyl adjacent to an activating group) is 1. The van der Waals surface area contributed by atoms with Crippen molar-refractivity contribution in [1.82, 2.24) is 19.0 Å². The Balaban J connectivity index is 1.64. The largest absolute Gasteiger partial charge is 0.328 e. The molecule has 2 heterocycles. The monoisotopic (exact) mass is 414 g/mol. The molecule has 0 unspecified atom stereocenters. The number of carbonyl (C=O) groups is 2. The molecule has 27 heavy (non-hydrogen) atoms. The van der Waals surface area contributed by atoms with Crippen molar-refractivity contribution in [3.05, 3.63) is 29.3 Å². The van der Waals surface area contributed by atoms with Gasteiger partial charge in [0.1, 0.15) is 5.54 Å². The Bertz CT molecular complexity index is 865. The highest BCUT2D eigenvalue weighted by atomic mass is 35.5. The van der Waals surface area contributed by atoms with Gasteiger partial charge in [0.15, 0.2) is 0 Å². The van der Waals surface area contributed by atoms with E-state index in [1.807, 2.05) is 4.90 Å². The normalized spacial score (nSPS) is 21.9. The summed E-state index contributed by atoms with van der Waals surface area (Å²) in [5.41, 5.74) is -0.866. The summed E-state index contributed by atoms with van der Waals surface area (Å²) in [7, 11) is -2.01. The molecule has 0 saturated carbocycles. The summed E-state index contributed by atoms with van der Waals surface area (Å²) in [4.78, 5) is 29.5. The van der Waals surface area contributed by atoms with E-state index in [1.165, 1.54) is 26.2 Å². The van der Waals surface area contributed by atoms with Gasteiger partial charge >= 0.3 is 6.03 Å². The van der Waals surface area contributed by atoms with E-state index in [2.05, 4.69) is 0 Å². The molecule has 0 spiro atoms. The van der Waals surface area contributed by atoms with Crippen molar-refractivity contribution in [2.24, 2.45) is 0 Å². The molecule has 2 fully saturated rings. The molecule has 10 heteroatoms. The van der Waals surface area contributed by atoms with Gasteiger partial charge < -0.3 is 4.90 Å². The van der Waals surface area contributed by atoms with Gasteiger partial charge in [-0.25, -0.2) is 18.1 Å². The van der Waals surface area contributed by atoms with Gasteiger partial charge in [-0.3, -0.25) is 9.69 Å². The molecule has 1 aromatic carbocycles. The highest BCUT2D eigenvalue weighted by Gasteiger charge is 2.49. The van der Waals surface area contributed by atoms with Gasteiger partial charge in [0.2, 0.25) is 10.0 Å². The second-order valence-corrected chi connectivity index (χ2v) is 9.63. The smallest absolute Gasteiger partial charge is 0.313 e. The molecule has 2 aliphatic rings. The number of sulfonamides is 1. The first-order valence-corrected chi connectivity index (χ1v) is 10.4. The number of hydrogen-bond acceptors (Lipinski definition) is 5. The van der Waals surface area contributed by atoms with Gasteiger partial charge in [0.25, 0.3) is 5.91 Å². The summed E-state index contributed by atoms with van der Waals surface area (Å²) in [5, 5.41) is 0.368. The molecular weight excluding hydrogens is 392 g/mol. The predicted molar refractivity (Wildman–Crippen MR) is 101 cm³/mol. The second kappa shape index (κ2) is 7.05. The van der Waals surface area contributed by atoms with E-state index < -0.39 is 15.6 Å². The SMILES string of the molecule is CN1C(=O)N(CN2CCN(S(=O)(=O)c3cccc(Cl)c3)CC2)C(=O)C1(C)C. The van der Waals surface area contributed by atoms with Crippen LogP contribution in [0.2, 0.25) is 5.02 Å². The Morgan fingerprint density at radius 3 is 2.26 bits per heavy atom. The molecular formula is C17H23ClN4O4S. The molecule has 0 radical (unpaired) electrons. The molecule has 2 aliphatic heterocycles. The Morgan fingerprint density at radius 2 is 1.74 bits per heavy atom. The number of nitrogens with zero attached hydrogens (tertiary/aromatic N) is 4. The third-order valence-electron chi connectivity index (χ3n) is 5.23. The summed E-state index contributed by atoms with van der Waals surface area (Å²) in [6.45, 7) is 5.01. The van der Waals surface area contributed by atoms with Crippen LogP contribution < -0.4 is 0 Å². The van der Waals surface area contributed by atoms with Crippen LogP contribution in [0.4, 0.5) is 4.79 Å². The van der Waals surface area contributed by atoms with Gasteiger partial charge in [0.05, 0.1) is 11.6 Å². The van der Waals surface area contributed by atoms with E-state index in [1.54, 1.807) is 33.0 Å². The van der Waals surface area contributed by atoms with E-state index in [4.69, 9.17) is 11.6 Å². The number of imide groups is 1. The van der Waals surface area contributed by atoms with Gasteiger partial charge in [-0.05, 0) is 32.0 Å². The number of piperazine rings is 1. The van der Waals surface area contributed by atoms with Crippen molar-refractivity contribution in [2.45, 2.75) is 24.3 Å². The summed E-state index contributed by atoms with van der Waals surface area (Å²) in [5.74, 6) is -0.246. The van der Waals surface area contributed by atoms with E-state index in [9.17, 15) is 18.0 Å². The van der Waals surface area contributed by atoms with Crippen LogP contribution in [0.1, 0.15) is 13.8 Å². The summed E-state index contributed by atoms with van der Waals surface area (Å²) in [6.07, 6.45) is 0. The first-order chi connectivity index (χ1) is 12.5. The zero-order valence-electron chi connectivity index (χ0n) is 15.6. The second-order valence-electron chi connectivity index (χ2n) is 7.25. The third kappa shape index (κ3) is 3.56. The molecule has 1 aromatic rings. The van der Waals surface area contributed by atoms with Crippen molar-refractivity contribution >= 4 is 33.6 Å². The lowest BCUT2D eigenvalue weighted by molar-refractivity contribution is -0.133.